The second kappa shape index (κ2) is 9.26. The first kappa shape index (κ1) is 17.3. The lowest BCUT2D eigenvalue weighted by Gasteiger charge is -2.16. The van der Waals surface area contributed by atoms with Crippen LogP contribution in [0.1, 0.15) is 12.5 Å². The van der Waals surface area contributed by atoms with E-state index in [-0.39, 0.29) is 0 Å². The summed E-state index contributed by atoms with van der Waals surface area (Å²) in [7, 11) is 4.91. The van der Waals surface area contributed by atoms with Gasteiger partial charge < -0.3 is 24.3 Å². The van der Waals surface area contributed by atoms with Crippen LogP contribution in [0.15, 0.2) is 24.3 Å². The third-order valence-corrected chi connectivity index (χ3v) is 2.80. The van der Waals surface area contributed by atoms with Crippen LogP contribution in [0, 0.1) is 0 Å². The van der Waals surface area contributed by atoms with Crippen LogP contribution >= 0.6 is 0 Å². The zero-order valence-corrected chi connectivity index (χ0v) is 13.3. The molecule has 0 atom stereocenters. The van der Waals surface area contributed by atoms with Gasteiger partial charge in [-0.2, -0.15) is 0 Å². The highest BCUT2D eigenvalue weighted by molar-refractivity contribution is 5.54. The number of ether oxygens (including phenoxy) is 4. The van der Waals surface area contributed by atoms with Gasteiger partial charge in [0.05, 0.1) is 20.8 Å². The Kier molecular flexibility index (Phi) is 7.64. The quantitative estimate of drug-likeness (QED) is 0.530. The van der Waals surface area contributed by atoms with E-state index in [9.17, 15) is 0 Å². The van der Waals surface area contributed by atoms with Crippen molar-refractivity contribution in [3.63, 3.8) is 0 Å². The average Bonchev–Trinajstić information content (AvgIpc) is 2.48. The summed E-state index contributed by atoms with van der Waals surface area (Å²) < 4.78 is 21.5. The molecule has 0 aliphatic heterocycles. The summed E-state index contributed by atoms with van der Waals surface area (Å²) in [5, 5.41) is 3.28. The second-order valence-electron chi connectivity index (χ2n) is 4.74. The van der Waals surface area contributed by atoms with Gasteiger partial charge in [-0.15, -0.1) is 0 Å². The highest BCUT2D eigenvalue weighted by Crippen LogP contribution is 2.38. The smallest absolute Gasteiger partial charge is 0.203 e. The molecule has 0 bridgehead atoms. The van der Waals surface area contributed by atoms with E-state index >= 15 is 0 Å². The number of hydrogen-bond donors (Lipinski definition) is 1. The molecule has 118 valence electrons. The Hall–Kier alpha value is -1.72. The van der Waals surface area contributed by atoms with Crippen molar-refractivity contribution in [1.29, 1.82) is 0 Å². The van der Waals surface area contributed by atoms with Gasteiger partial charge in [0, 0.05) is 20.2 Å². The van der Waals surface area contributed by atoms with Gasteiger partial charge in [-0.1, -0.05) is 6.58 Å². The van der Waals surface area contributed by atoms with Crippen LogP contribution in [0.25, 0.3) is 0 Å². The maximum atomic E-state index is 5.72. The zero-order chi connectivity index (χ0) is 15.7. The third-order valence-electron chi connectivity index (χ3n) is 2.80. The van der Waals surface area contributed by atoms with Gasteiger partial charge in [-0.25, -0.2) is 0 Å². The van der Waals surface area contributed by atoms with Crippen molar-refractivity contribution in [3.05, 3.63) is 29.8 Å². The van der Waals surface area contributed by atoms with E-state index in [0.717, 1.165) is 17.7 Å². The third kappa shape index (κ3) is 5.65. The van der Waals surface area contributed by atoms with Crippen molar-refractivity contribution in [1.82, 2.24) is 5.32 Å². The Morgan fingerprint density at radius 1 is 1.14 bits per heavy atom. The molecule has 0 unspecified atom stereocenters. The number of nitrogens with one attached hydrogen (secondary N) is 1. The molecule has 1 aromatic rings. The molecule has 0 aliphatic carbocycles. The minimum Gasteiger partial charge on any atom is -0.493 e. The fourth-order valence-corrected chi connectivity index (χ4v) is 1.78. The van der Waals surface area contributed by atoms with Crippen LogP contribution in [0.3, 0.4) is 0 Å². The number of rotatable bonds is 10. The number of hydrogen-bond acceptors (Lipinski definition) is 5. The molecule has 0 saturated carbocycles. The first-order chi connectivity index (χ1) is 10.1. The lowest BCUT2D eigenvalue weighted by atomic mass is 10.1. The van der Waals surface area contributed by atoms with Crippen LogP contribution in [-0.4, -0.2) is 41.1 Å². The fourth-order valence-electron chi connectivity index (χ4n) is 1.78. The van der Waals surface area contributed by atoms with Crippen molar-refractivity contribution in [2.24, 2.45) is 0 Å². The molecule has 0 spiro atoms. The molecule has 0 fully saturated rings. The fraction of sp³-hybridized carbons (Fsp3) is 0.500. The molecule has 0 heterocycles. The monoisotopic (exact) mass is 295 g/mol. The van der Waals surface area contributed by atoms with Gasteiger partial charge in [0.25, 0.3) is 0 Å². The van der Waals surface area contributed by atoms with E-state index in [1.807, 2.05) is 19.1 Å². The lowest BCUT2D eigenvalue weighted by molar-refractivity contribution is 0.199. The molecule has 0 radical (unpaired) electrons. The van der Waals surface area contributed by atoms with E-state index in [0.29, 0.717) is 37.0 Å². The van der Waals surface area contributed by atoms with Gasteiger partial charge in [0.1, 0.15) is 6.61 Å². The minimum atomic E-state index is 0.429. The SMILES string of the molecule is C=C(C)COc1c(OC)cc(CNCCOC)cc1OC. The van der Waals surface area contributed by atoms with Crippen molar-refractivity contribution in [2.45, 2.75) is 13.5 Å². The maximum Gasteiger partial charge on any atom is 0.203 e. The Balaban J connectivity index is 2.86. The molecular weight excluding hydrogens is 270 g/mol. The molecule has 0 amide bonds. The number of methoxy groups -OCH3 is 3. The molecule has 0 aromatic heterocycles. The molecule has 5 nitrogen and oxygen atoms in total. The van der Waals surface area contributed by atoms with Crippen molar-refractivity contribution < 1.29 is 18.9 Å². The molecule has 1 N–H and O–H groups in total. The Bertz CT molecular complexity index is 435. The van der Waals surface area contributed by atoms with Crippen molar-refractivity contribution >= 4 is 0 Å². The molecule has 1 rings (SSSR count). The van der Waals surface area contributed by atoms with E-state index in [1.165, 1.54) is 0 Å². The second-order valence-corrected chi connectivity index (χ2v) is 4.74. The first-order valence-electron chi connectivity index (χ1n) is 6.84. The zero-order valence-electron chi connectivity index (χ0n) is 13.3. The summed E-state index contributed by atoms with van der Waals surface area (Å²) in [6.07, 6.45) is 0. The molecule has 1 aromatic carbocycles. The largest absolute Gasteiger partial charge is 0.493 e. The Morgan fingerprint density at radius 3 is 2.24 bits per heavy atom. The molecule has 0 aliphatic rings. The Labute approximate surface area is 126 Å². The van der Waals surface area contributed by atoms with Crippen LogP contribution in [0.2, 0.25) is 0 Å². The van der Waals surface area contributed by atoms with Gasteiger partial charge in [-0.3, -0.25) is 0 Å². The predicted molar refractivity (Wildman–Crippen MR) is 83.4 cm³/mol. The van der Waals surface area contributed by atoms with E-state index < -0.39 is 0 Å². The predicted octanol–water partition coefficient (Wildman–Crippen LogP) is 2.39. The van der Waals surface area contributed by atoms with Crippen molar-refractivity contribution in [3.8, 4) is 17.2 Å². The summed E-state index contributed by atoms with van der Waals surface area (Å²) in [6.45, 7) is 8.33. The van der Waals surface area contributed by atoms with Crippen LogP contribution in [0.4, 0.5) is 0 Å². The van der Waals surface area contributed by atoms with Gasteiger partial charge in [-0.05, 0) is 30.2 Å². The van der Waals surface area contributed by atoms with Crippen molar-refractivity contribution in [2.75, 3.05) is 41.1 Å². The molecular formula is C16H25NO4. The highest BCUT2D eigenvalue weighted by atomic mass is 16.5. The Morgan fingerprint density at radius 2 is 1.76 bits per heavy atom. The van der Waals surface area contributed by atoms with E-state index in [1.54, 1.807) is 21.3 Å². The average molecular weight is 295 g/mol. The number of benzene rings is 1. The summed E-state index contributed by atoms with van der Waals surface area (Å²) in [4.78, 5) is 0. The summed E-state index contributed by atoms with van der Waals surface area (Å²) in [5.74, 6) is 1.90. The minimum absolute atomic E-state index is 0.429. The summed E-state index contributed by atoms with van der Waals surface area (Å²) >= 11 is 0. The van der Waals surface area contributed by atoms with Gasteiger partial charge in [0.15, 0.2) is 11.5 Å². The van der Waals surface area contributed by atoms with Crippen LogP contribution < -0.4 is 19.5 Å². The van der Waals surface area contributed by atoms with Gasteiger partial charge >= 0.3 is 0 Å². The van der Waals surface area contributed by atoms with E-state index in [2.05, 4.69) is 11.9 Å². The molecule has 21 heavy (non-hydrogen) atoms. The summed E-state index contributed by atoms with van der Waals surface area (Å²) in [6, 6.07) is 3.88. The lowest BCUT2D eigenvalue weighted by Crippen LogP contribution is -2.18. The standard InChI is InChI=1S/C16H25NO4/c1-12(2)11-21-16-14(19-4)8-13(9-15(16)20-5)10-17-6-7-18-3/h8-9,17H,1,6-7,10-11H2,2-5H3. The molecule has 5 heteroatoms. The highest BCUT2D eigenvalue weighted by Gasteiger charge is 2.14. The molecule has 0 saturated heterocycles. The summed E-state index contributed by atoms with van der Waals surface area (Å²) in [5.41, 5.74) is 1.99. The normalized spacial score (nSPS) is 10.3. The van der Waals surface area contributed by atoms with Crippen LogP contribution in [0.5, 0.6) is 17.2 Å². The first-order valence-corrected chi connectivity index (χ1v) is 6.84. The topological polar surface area (TPSA) is 49.0 Å². The van der Waals surface area contributed by atoms with Gasteiger partial charge in [0.2, 0.25) is 5.75 Å². The van der Waals surface area contributed by atoms with E-state index in [4.69, 9.17) is 18.9 Å². The van der Waals surface area contributed by atoms with Crippen LogP contribution in [-0.2, 0) is 11.3 Å². The maximum absolute atomic E-state index is 5.72.